The molecule has 0 aliphatic carbocycles. The van der Waals surface area contributed by atoms with Crippen LogP contribution in [0, 0.1) is 0 Å². The quantitative estimate of drug-likeness (QED) is 0.349. The summed E-state index contributed by atoms with van der Waals surface area (Å²) in [5.41, 5.74) is -0.674. The predicted molar refractivity (Wildman–Crippen MR) is 103 cm³/mol. The van der Waals surface area contributed by atoms with Crippen LogP contribution in [0.5, 0.6) is 0 Å². The molecule has 0 aromatic carbocycles. The zero-order chi connectivity index (χ0) is 21.6. The molecule has 2 aromatic heterocycles. The van der Waals surface area contributed by atoms with Gasteiger partial charge in [0.25, 0.3) is 0 Å². The van der Waals surface area contributed by atoms with Crippen molar-refractivity contribution in [1.82, 2.24) is 19.5 Å². The summed E-state index contributed by atoms with van der Waals surface area (Å²) in [6.07, 6.45) is -1.03. The molecule has 6 atom stereocenters. The zero-order valence-electron chi connectivity index (χ0n) is 16.3. The fourth-order valence-electron chi connectivity index (χ4n) is 3.85. The molecule has 0 spiro atoms. The first-order chi connectivity index (χ1) is 15.1. The van der Waals surface area contributed by atoms with Gasteiger partial charge in [-0.05, 0) is 11.6 Å². The van der Waals surface area contributed by atoms with Crippen molar-refractivity contribution in [2.24, 2.45) is 15.4 Å². The molecular weight excluding hydrogens is 412 g/mol. The fraction of sp³-hybridized carbons (Fsp3) is 0.647. The van der Waals surface area contributed by atoms with Gasteiger partial charge in [0, 0.05) is 6.61 Å². The average Bonchev–Trinajstić information content (AvgIpc) is 3.57. The highest BCUT2D eigenvalue weighted by Gasteiger charge is 2.44. The topological polar surface area (TPSA) is 192 Å². The number of aromatic nitrogens is 4. The van der Waals surface area contributed by atoms with Crippen molar-refractivity contribution in [3.63, 3.8) is 0 Å². The lowest BCUT2D eigenvalue weighted by molar-refractivity contribution is -0.0511. The van der Waals surface area contributed by atoms with Crippen LogP contribution in [-0.2, 0) is 15.0 Å². The van der Waals surface area contributed by atoms with Gasteiger partial charge in [-0.2, -0.15) is 0 Å². The van der Waals surface area contributed by atoms with Crippen LogP contribution in [0.1, 0.15) is 18.5 Å². The maximum Gasteiger partial charge on any atom is 0.202 e. The van der Waals surface area contributed by atoms with Gasteiger partial charge in [0.15, 0.2) is 29.0 Å². The van der Waals surface area contributed by atoms with E-state index in [1.807, 2.05) is 0 Å². The lowest BCUT2D eigenvalue weighted by Gasteiger charge is -2.21. The second kappa shape index (κ2) is 7.81. The van der Waals surface area contributed by atoms with E-state index < -0.39 is 43.3 Å². The van der Waals surface area contributed by atoms with Gasteiger partial charge in [-0.3, -0.25) is 4.57 Å². The lowest BCUT2D eigenvalue weighted by Crippen LogP contribution is -2.33. The summed E-state index contributed by atoms with van der Waals surface area (Å²) in [6.45, 7) is 0.208. The molecule has 0 saturated carbocycles. The minimum Gasteiger partial charge on any atom is -0.394 e. The minimum absolute atomic E-state index is 0.00830. The maximum atomic E-state index is 10.5. The van der Waals surface area contributed by atoms with Gasteiger partial charge < -0.3 is 35.2 Å². The smallest absolute Gasteiger partial charge is 0.202 e. The largest absolute Gasteiger partial charge is 0.394 e. The van der Waals surface area contributed by atoms with E-state index >= 15 is 0 Å². The summed E-state index contributed by atoms with van der Waals surface area (Å²) in [7, 11) is 0. The molecule has 2 fully saturated rings. The van der Waals surface area contributed by atoms with Crippen LogP contribution in [0.25, 0.3) is 11.2 Å². The Balaban J connectivity index is 1.62. The second-order valence-corrected chi connectivity index (χ2v) is 7.67. The molecule has 0 radical (unpaired) electrons. The van der Waals surface area contributed by atoms with Crippen LogP contribution < -0.4 is 5.32 Å². The molecule has 2 aromatic rings. The molecule has 3 aliphatic rings. The van der Waals surface area contributed by atoms with Gasteiger partial charge in [-0.1, -0.05) is 0 Å². The molecule has 5 N–H and O–H groups in total. The van der Waals surface area contributed by atoms with E-state index in [-0.39, 0.29) is 17.5 Å². The van der Waals surface area contributed by atoms with Crippen LogP contribution in [0.15, 0.2) is 21.8 Å². The van der Waals surface area contributed by atoms with Crippen molar-refractivity contribution in [2.45, 2.75) is 42.5 Å². The predicted octanol–water partition coefficient (Wildman–Crippen LogP) is -1.72. The standard InChI is InChI=1S/C17H22N8O6/c26-3-9-11(28)12(29)15(31-9)25-7-18-10-13(20-8-1-2-30-4-8)21-16(22-14(10)25)17(6-27)5-19-24-23-17/h5,7-9,11-12,15,26-29H,1-4,6H2,(H,20,21,22)/t8-,9?,11?,12?,15?,17?/m1/s1. The second-order valence-electron chi connectivity index (χ2n) is 7.67. The normalized spacial score (nSPS) is 34.9. The van der Waals surface area contributed by atoms with Gasteiger partial charge >= 0.3 is 0 Å². The van der Waals surface area contributed by atoms with Crippen molar-refractivity contribution >= 4 is 23.2 Å². The van der Waals surface area contributed by atoms with E-state index in [2.05, 4.69) is 35.7 Å². The molecule has 31 heavy (non-hydrogen) atoms. The van der Waals surface area contributed by atoms with Crippen molar-refractivity contribution in [3.05, 3.63) is 12.2 Å². The third kappa shape index (κ3) is 3.28. The van der Waals surface area contributed by atoms with Gasteiger partial charge in [0.2, 0.25) is 5.54 Å². The molecular formula is C17H22N8O6. The van der Waals surface area contributed by atoms with Crippen LogP contribution in [0.3, 0.4) is 0 Å². The highest BCUT2D eigenvalue weighted by Crippen LogP contribution is 2.34. The average molecular weight is 434 g/mol. The van der Waals surface area contributed by atoms with Crippen LogP contribution >= 0.6 is 0 Å². The Labute approximate surface area is 175 Å². The third-order valence-electron chi connectivity index (χ3n) is 5.66. The summed E-state index contributed by atoms with van der Waals surface area (Å²) in [6, 6.07) is 0.00830. The van der Waals surface area contributed by atoms with Crippen molar-refractivity contribution in [1.29, 1.82) is 0 Å². The molecule has 0 amide bonds. The van der Waals surface area contributed by atoms with E-state index in [0.717, 1.165) is 6.42 Å². The first-order valence-electron chi connectivity index (χ1n) is 9.85. The third-order valence-corrected chi connectivity index (χ3v) is 5.66. The van der Waals surface area contributed by atoms with Crippen molar-refractivity contribution in [2.75, 3.05) is 31.7 Å². The first kappa shape index (κ1) is 20.3. The number of anilines is 1. The van der Waals surface area contributed by atoms with Crippen LogP contribution in [0.4, 0.5) is 5.82 Å². The van der Waals surface area contributed by atoms with E-state index in [9.17, 15) is 20.4 Å². The number of imidazole rings is 1. The molecule has 14 heteroatoms. The van der Waals surface area contributed by atoms with E-state index in [1.165, 1.54) is 17.1 Å². The lowest BCUT2D eigenvalue weighted by atomic mass is 10.0. The Bertz CT molecular complexity index is 1010. The Kier molecular flexibility index (Phi) is 5.11. The number of aliphatic hydroxyl groups is 4. The summed E-state index contributed by atoms with van der Waals surface area (Å²) < 4.78 is 12.5. The number of rotatable bonds is 6. The van der Waals surface area contributed by atoms with E-state index in [1.54, 1.807) is 0 Å². The SMILES string of the molecule is OCC1OC(n2cnc3c(N[C@@H]4CCOC4)nc(C4(CO)C=NN=N4)nc32)C(O)C1O. The van der Waals surface area contributed by atoms with Gasteiger partial charge in [0.05, 0.1) is 38.4 Å². The highest BCUT2D eigenvalue weighted by atomic mass is 16.6. The molecule has 2 saturated heterocycles. The molecule has 3 aliphatic heterocycles. The van der Waals surface area contributed by atoms with Gasteiger partial charge in [0.1, 0.15) is 18.3 Å². The number of nitrogens with zero attached hydrogens (tertiary/aromatic N) is 7. The van der Waals surface area contributed by atoms with Crippen molar-refractivity contribution < 1.29 is 29.9 Å². The van der Waals surface area contributed by atoms with Gasteiger partial charge in [-0.25, -0.2) is 15.0 Å². The molecule has 166 valence electrons. The Hall–Kier alpha value is -2.62. The van der Waals surface area contributed by atoms with Crippen LogP contribution in [-0.4, -0.2) is 96.9 Å². The molecule has 5 unspecified atom stereocenters. The number of fused-ring (bicyclic) bond motifs is 1. The first-order valence-corrected chi connectivity index (χ1v) is 9.85. The Morgan fingerprint density at radius 3 is 2.74 bits per heavy atom. The molecule has 5 heterocycles. The highest BCUT2D eigenvalue weighted by molar-refractivity contribution is 5.84. The monoisotopic (exact) mass is 434 g/mol. The van der Waals surface area contributed by atoms with Crippen LogP contribution in [0.2, 0.25) is 0 Å². The van der Waals surface area contributed by atoms with E-state index in [4.69, 9.17) is 9.47 Å². The number of hydrogen-bond acceptors (Lipinski definition) is 13. The Morgan fingerprint density at radius 1 is 1.23 bits per heavy atom. The Morgan fingerprint density at radius 2 is 2.10 bits per heavy atom. The number of hydrogen-bond donors (Lipinski definition) is 5. The molecule has 14 nitrogen and oxygen atoms in total. The molecule has 5 rings (SSSR count). The number of aliphatic hydroxyl groups excluding tert-OH is 4. The maximum absolute atomic E-state index is 10.5. The molecule has 0 bridgehead atoms. The summed E-state index contributed by atoms with van der Waals surface area (Å²) in [5, 5.41) is 54.6. The fourth-order valence-corrected chi connectivity index (χ4v) is 3.85. The van der Waals surface area contributed by atoms with Crippen molar-refractivity contribution in [3.8, 4) is 0 Å². The zero-order valence-corrected chi connectivity index (χ0v) is 16.3. The number of ether oxygens (including phenoxy) is 2. The van der Waals surface area contributed by atoms with E-state index in [0.29, 0.717) is 24.5 Å². The summed E-state index contributed by atoms with van der Waals surface area (Å²) >= 11 is 0. The summed E-state index contributed by atoms with van der Waals surface area (Å²) in [4.78, 5) is 13.5. The van der Waals surface area contributed by atoms with Gasteiger partial charge in [-0.15, -0.1) is 10.2 Å². The minimum atomic E-state index is -1.35. The number of nitrogens with one attached hydrogen (secondary N) is 1. The summed E-state index contributed by atoms with van der Waals surface area (Å²) in [5.74, 6) is 0.520.